The second-order valence-electron chi connectivity index (χ2n) is 4.77. The van der Waals surface area contributed by atoms with Crippen molar-refractivity contribution in [3.05, 3.63) is 48.2 Å². The van der Waals surface area contributed by atoms with Gasteiger partial charge in [-0.1, -0.05) is 0 Å². The fourth-order valence-corrected chi connectivity index (χ4v) is 2.11. The number of carbonyl (C=O) groups excluding carboxylic acids is 2. The highest BCUT2D eigenvalue weighted by atomic mass is 19.2. The molecule has 0 spiro atoms. The van der Waals surface area contributed by atoms with Crippen LogP contribution in [0.3, 0.4) is 0 Å². The van der Waals surface area contributed by atoms with Crippen molar-refractivity contribution in [1.82, 2.24) is 4.98 Å². The number of pyridine rings is 1. The molecule has 8 heteroatoms. The van der Waals surface area contributed by atoms with Gasteiger partial charge in [-0.05, 0) is 24.3 Å². The highest BCUT2D eigenvalue weighted by Crippen LogP contribution is 2.28. The minimum absolute atomic E-state index is 0.0934. The molecule has 0 bridgehead atoms. The van der Waals surface area contributed by atoms with E-state index in [1.807, 2.05) is 0 Å². The Morgan fingerprint density at radius 3 is 2.91 bits per heavy atom. The first kappa shape index (κ1) is 14.9. The Morgan fingerprint density at radius 2 is 2.13 bits per heavy atom. The third-order valence-electron chi connectivity index (χ3n) is 3.16. The molecule has 0 saturated carbocycles. The van der Waals surface area contributed by atoms with Crippen LogP contribution < -0.4 is 15.0 Å². The van der Waals surface area contributed by atoms with Gasteiger partial charge in [-0.15, -0.1) is 0 Å². The molecule has 2 amide bonds. The molecule has 23 heavy (non-hydrogen) atoms. The molecule has 1 aliphatic rings. The number of benzene rings is 1. The standard InChI is InChI=1S/C15H11F2N3O3/c16-10-4-3-9(6-11(10)17)19-13(21)7-20-14(22)8-23-12-2-1-5-18-15(12)20/h1-6H,7-8H2,(H,19,21). The third kappa shape index (κ3) is 3.10. The molecule has 0 saturated heterocycles. The summed E-state index contributed by atoms with van der Waals surface area (Å²) in [7, 11) is 0. The topological polar surface area (TPSA) is 71.5 Å². The number of fused-ring (bicyclic) bond motifs is 1. The van der Waals surface area contributed by atoms with Gasteiger partial charge in [-0.3, -0.25) is 14.5 Å². The van der Waals surface area contributed by atoms with Crippen LogP contribution in [0, 0.1) is 11.6 Å². The minimum Gasteiger partial charge on any atom is -0.480 e. The Hall–Kier alpha value is -3.03. The third-order valence-corrected chi connectivity index (χ3v) is 3.16. The molecule has 2 heterocycles. The zero-order valence-electron chi connectivity index (χ0n) is 11.8. The summed E-state index contributed by atoms with van der Waals surface area (Å²) in [5, 5.41) is 2.40. The Bertz CT molecular complexity index is 782. The summed E-state index contributed by atoms with van der Waals surface area (Å²) in [5.74, 6) is -2.43. The largest absolute Gasteiger partial charge is 0.480 e. The fraction of sp³-hybridized carbons (Fsp3) is 0.133. The first-order valence-corrected chi connectivity index (χ1v) is 6.67. The predicted molar refractivity (Wildman–Crippen MR) is 77.1 cm³/mol. The number of anilines is 2. The van der Waals surface area contributed by atoms with Gasteiger partial charge in [-0.2, -0.15) is 0 Å². The molecule has 0 aliphatic carbocycles. The number of rotatable bonds is 3. The Kier molecular flexibility index (Phi) is 3.88. The first-order chi connectivity index (χ1) is 11.0. The average molecular weight is 319 g/mol. The lowest BCUT2D eigenvalue weighted by atomic mass is 10.3. The van der Waals surface area contributed by atoms with Gasteiger partial charge in [0.2, 0.25) is 5.91 Å². The maximum absolute atomic E-state index is 13.1. The van der Waals surface area contributed by atoms with Crippen molar-refractivity contribution < 1.29 is 23.1 Å². The van der Waals surface area contributed by atoms with Crippen LogP contribution in [0.5, 0.6) is 5.75 Å². The normalized spacial score (nSPS) is 13.3. The van der Waals surface area contributed by atoms with Gasteiger partial charge in [-0.25, -0.2) is 13.8 Å². The first-order valence-electron chi connectivity index (χ1n) is 6.67. The van der Waals surface area contributed by atoms with Gasteiger partial charge in [0, 0.05) is 18.0 Å². The molecule has 3 rings (SSSR count). The molecular weight excluding hydrogens is 308 g/mol. The SMILES string of the molecule is O=C(CN1C(=O)COc2cccnc21)Nc1ccc(F)c(F)c1. The number of nitrogens with zero attached hydrogens (tertiary/aromatic N) is 2. The number of hydrogen-bond donors (Lipinski definition) is 1. The van der Waals surface area contributed by atoms with E-state index in [0.717, 1.165) is 12.1 Å². The minimum atomic E-state index is -1.07. The van der Waals surface area contributed by atoms with Crippen molar-refractivity contribution in [1.29, 1.82) is 0 Å². The summed E-state index contributed by atoms with van der Waals surface area (Å²) in [6.45, 7) is -0.512. The lowest BCUT2D eigenvalue weighted by Crippen LogP contribution is -2.43. The van der Waals surface area contributed by atoms with Crippen LogP contribution in [0.4, 0.5) is 20.3 Å². The van der Waals surface area contributed by atoms with E-state index in [2.05, 4.69) is 10.3 Å². The molecule has 0 radical (unpaired) electrons. The quantitative estimate of drug-likeness (QED) is 0.935. The van der Waals surface area contributed by atoms with Gasteiger partial charge in [0.1, 0.15) is 6.54 Å². The van der Waals surface area contributed by atoms with E-state index in [4.69, 9.17) is 4.74 Å². The summed E-state index contributed by atoms with van der Waals surface area (Å²) in [6.07, 6.45) is 1.47. The van der Waals surface area contributed by atoms with Gasteiger partial charge in [0.25, 0.3) is 5.91 Å². The zero-order valence-corrected chi connectivity index (χ0v) is 11.8. The van der Waals surface area contributed by atoms with E-state index in [1.165, 1.54) is 17.2 Å². The van der Waals surface area contributed by atoms with Gasteiger partial charge in [0.15, 0.2) is 29.8 Å². The molecule has 118 valence electrons. The number of ether oxygens (including phenoxy) is 1. The van der Waals surface area contributed by atoms with Crippen LogP contribution in [-0.4, -0.2) is 29.9 Å². The summed E-state index contributed by atoms with van der Waals surface area (Å²) >= 11 is 0. The second kappa shape index (κ2) is 5.99. The Balaban J connectivity index is 1.75. The van der Waals surface area contributed by atoms with Crippen LogP contribution in [0.1, 0.15) is 0 Å². The zero-order chi connectivity index (χ0) is 16.4. The van der Waals surface area contributed by atoms with Gasteiger partial charge >= 0.3 is 0 Å². The highest BCUT2D eigenvalue weighted by Gasteiger charge is 2.28. The predicted octanol–water partition coefficient (Wildman–Crippen LogP) is 1.72. The van der Waals surface area contributed by atoms with E-state index >= 15 is 0 Å². The molecule has 1 N–H and O–H groups in total. The highest BCUT2D eigenvalue weighted by molar-refractivity contribution is 6.04. The average Bonchev–Trinajstić information content (AvgIpc) is 2.54. The van der Waals surface area contributed by atoms with Crippen molar-refractivity contribution >= 4 is 23.3 Å². The maximum Gasteiger partial charge on any atom is 0.266 e. The maximum atomic E-state index is 13.1. The number of amides is 2. The molecule has 2 aromatic rings. The Labute approximate surface area is 129 Å². The second-order valence-corrected chi connectivity index (χ2v) is 4.77. The smallest absolute Gasteiger partial charge is 0.266 e. The molecule has 6 nitrogen and oxygen atoms in total. The van der Waals surface area contributed by atoms with Crippen molar-refractivity contribution in [3.63, 3.8) is 0 Å². The van der Waals surface area contributed by atoms with E-state index < -0.39 is 23.4 Å². The van der Waals surface area contributed by atoms with Crippen molar-refractivity contribution in [2.45, 2.75) is 0 Å². The van der Waals surface area contributed by atoms with Crippen LogP contribution in [-0.2, 0) is 9.59 Å². The summed E-state index contributed by atoms with van der Waals surface area (Å²) in [5.41, 5.74) is 0.0934. The number of carbonyl (C=O) groups is 2. The van der Waals surface area contributed by atoms with Crippen molar-refractivity contribution in [3.8, 4) is 5.75 Å². The lowest BCUT2D eigenvalue weighted by molar-refractivity contribution is -0.123. The summed E-state index contributed by atoms with van der Waals surface area (Å²) in [4.78, 5) is 29.2. The van der Waals surface area contributed by atoms with Gasteiger partial charge < -0.3 is 10.1 Å². The van der Waals surface area contributed by atoms with Crippen LogP contribution >= 0.6 is 0 Å². The molecular formula is C15H11F2N3O3. The number of aromatic nitrogens is 1. The molecule has 1 aromatic heterocycles. The van der Waals surface area contributed by atoms with Crippen LogP contribution in [0.25, 0.3) is 0 Å². The van der Waals surface area contributed by atoms with E-state index in [0.29, 0.717) is 5.75 Å². The van der Waals surface area contributed by atoms with E-state index in [-0.39, 0.29) is 24.7 Å². The van der Waals surface area contributed by atoms with Crippen LogP contribution in [0.15, 0.2) is 36.5 Å². The fourth-order valence-electron chi connectivity index (χ4n) is 2.11. The molecule has 0 unspecified atom stereocenters. The number of halogens is 2. The van der Waals surface area contributed by atoms with Crippen molar-refractivity contribution in [2.24, 2.45) is 0 Å². The van der Waals surface area contributed by atoms with Gasteiger partial charge in [0.05, 0.1) is 0 Å². The lowest BCUT2D eigenvalue weighted by Gasteiger charge is -2.27. The molecule has 0 fully saturated rings. The monoisotopic (exact) mass is 319 g/mol. The van der Waals surface area contributed by atoms with Crippen LogP contribution in [0.2, 0.25) is 0 Å². The molecule has 0 atom stereocenters. The summed E-state index contributed by atoms with van der Waals surface area (Å²) < 4.78 is 31.2. The summed E-state index contributed by atoms with van der Waals surface area (Å²) in [6, 6.07) is 6.27. The van der Waals surface area contributed by atoms with Crippen molar-refractivity contribution in [2.75, 3.05) is 23.4 Å². The van der Waals surface area contributed by atoms with E-state index in [1.54, 1.807) is 12.1 Å². The Morgan fingerprint density at radius 1 is 1.30 bits per heavy atom. The van der Waals surface area contributed by atoms with E-state index in [9.17, 15) is 18.4 Å². The number of hydrogen-bond acceptors (Lipinski definition) is 4. The number of nitrogens with one attached hydrogen (secondary N) is 1. The molecule has 1 aromatic carbocycles. The molecule has 1 aliphatic heterocycles.